The van der Waals surface area contributed by atoms with Crippen molar-refractivity contribution in [3.05, 3.63) is 52.6 Å². The Morgan fingerprint density at radius 3 is 3.00 bits per heavy atom. The summed E-state index contributed by atoms with van der Waals surface area (Å²) in [4.78, 5) is 22.1. The van der Waals surface area contributed by atoms with Gasteiger partial charge in [-0.15, -0.1) is 11.3 Å². The van der Waals surface area contributed by atoms with E-state index in [9.17, 15) is 4.79 Å². The molecule has 2 aromatic heterocycles. The number of hydrogen-bond acceptors (Lipinski definition) is 3. The summed E-state index contributed by atoms with van der Waals surface area (Å²) in [6.07, 6.45) is 5.42. The van der Waals surface area contributed by atoms with Crippen LogP contribution in [0, 0.1) is 5.92 Å². The summed E-state index contributed by atoms with van der Waals surface area (Å²) in [6, 6.07) is 8.31. The predicted molar refractivity (Wildman–Crippen MR) is 92.7 cm³/mol. The van der Waals surface area contributed by atoms with Gasteiger partial charge in [0.05, 0.1) is 5.51 Å². The minimum absolute atomic E-state index is 0.0676. The van der Waals surface area contributed by atoms with E-state index in [1.165, 1.54) is 35.1 Å². The average Bonchev–Trinajstić information content (AvgIpc) is 3.08. The van der Waals surface area contributed by atoms with E-state index in [4.69, 9.17) is 0 Å². The second kappa shape index (κ2) is 6.16. The van der Waals surface area contributed by atoms with Gasteiger partial charge in [-0.25, -0.2) is 4.98 Å². The van der Waals surface area contributed by atoms with Crippen LogP contribution in [0.1, 0.15) is 28.9 Å². The molecule has 4 nitrogen and oxygen atoms in total. The van der Waals surface area contributed by atoms with Crippen molar-refractivity contribution in [1.82, 2.24) is 14.9 Å². The van der Waals surface area contributed by atoms with E-state index < -0.39 is 0 Å². The Morgan fingerprint density at radius 1 is 1.35 bits per heavy atom. The molecule has 0 atom stereocenters. The van der Waals surface area contributed by atoms with Crippen molar-refractivity contribution in [3.8, 4) is 0 Å². The van der Waals surface area contributed by atoms with Crippen molar-refractivity contribution >= 4 is 28.1 Å². The fourth-order valence-corrected chi connectivity index (χ4v) is 3.49. The van der Waals surface area contributed by atoms with Crippen molar-refractivity contribution < 1.29 is 4.79 Å². The highest BCUT2D eigenvalue weighted by molar-refractivity contribution is 7.07. The van der Waals surface area contributed by atoms with Gasteiger partial charge in [0.1, 0.15) is 5.69 Å². The number of aromatic nitrogens is 2. The van der Waals surface area contributed by atoms with Crippen LogP contribution in [0.25, 0.3) is 10.9 Å². The van der Waals surface area contributed by atoms with Gasteiger partial charge in [-0.2, -0.15) is 0 Å². The third-order valence-electron chi connectivity index (χ3n) is 4.44. The Hall–Kier alpha value is -2.14. The van der Waals surface area contributed by atoms with Gasteiger partial charge in [0.25, 0.3) is 5.91 Å². The number of hydrogen-bond donors (Lipinski definition) is 1. The standard InChI is InChI=1S/C18H19N3OS/c22-18(17-11-23-12-20-17)21(10-13-5-6-13)8-7-14-9-19-16-4-2-1-3-15(14)16/h1-4,9,11-13,19H,5-8,10H2. The molecule has 3 aromatic rings. The van der Waals surface area contributed by atoms with E-state index in [0.29, 0.717) is 11.6 Å². The number of amides is 1. The summed E-state index contributed by atoms with van der Waals surface area (Å²) < 4.78 is 0. The zero-order valence-electron chi connectivity index (χ0n) is 12.9. The fourth-order valence-electron chi connectivity index (χ4n) is 2.96. The minimum Gasteiger partial charge on any atom is -0.361 e. The molecular weight excluding hydrogens is 306 g/mol. The Labute approximate surface area is 139 Å². The lowest BCUT2D eigenvalue weighted by Gasteiger charge is -2.21. The Kier molecular flexibility index (Phi) is 3.87. The first kappa shape index (κ1) is 14.5. The smallest absolute Gasteiger partial charge is 0.273 e. The number of carbonyl (C=O) groups excluding carboxylic acids is 1. The number of thiazole rings is 1. The quantitative estimate of drug-likeness (QED) is 0.751. The molecule has 0 radical (unpaired) electrons. The SMILES string of the molecule is O=C(c1cscn1)N(CCc1c[nH]c2ccccc12)CC1CC1. The molecular formula is C18H19N3OS. The lowest BCUT2D eigenvalue weighted by atomic mass is 10.1. The van der Waals surface area contributed by atoms with Crippen LogP contribution in [0.2, 0.25) is 0 Å². The molecule has 1 amide bonds. The molecule has 1 fully saturated rings. The van der Waals surface area contributed by atoms with E-state index >= 15 is 0 Å². The number of benzene rings is 1. The molecule has 1 aliphatic carbocycles. The van der Waals surface area contributed by atoms with E-state index in [1.54, 1.807) is 5.51 Å². The lowest BCUT2D eigenvalue weighted by molar-refractivity contribution is 0.0744. The molecule has 5 heteroatoms. The van der Waals surface area contributed by atoms with Crippen LogP contribution < -0.4 is 0 Å². The highest BCUT2D eigenvalue weighted by atomic mass is 32.1. The van der Waals surface area contributed by atoms with E-state index in [0.717, 1.165) is 25.0 Å². The summed E-state index contributed by atoms with van der Waals surface area (Å²) >= 11 is 1.47. The van der Waals surface area contributed by atoms with Gasteiger partial charge in [-0.3, -0.25) is 4.79 Å². The van der Waals surface area contributed by atoms with Gasteiger partial charge < -0.3 is 9.88 Å². The molecule has 1 N–H and O–H groups in total. The number of nitrogens with zero attached hydrogens (tertiary/aromatic N) is 2. The van der Waals surface area contributed by atoms with Gasteiger partial charge in [-0.05, 0) is 36.8 Å². The molecule has 1 saturated carbocycles. The highest BCUT2D eigenvalue weighted by Crippen LogP contribution is 2.30. The number of para-hydroxylation sites is 1. The zero-order chi connectivity index (χ0) is 15.6. The van der Waals surface area contributed by atoms with Crippen molar-refractivity contribution in [2.75, 3.05) is 13.1 Å². The molecule has 1 aromatic carbocycles. The van der Waals surface area contributed by atoms with Gasteiger partial charge in [0, 0.05) is 35.6 Å². The van der Waals surface area contributed by atoms with Crippen LogP contribution >= 0.6 is 11.3 Å². The molecule has 4 rings (SSSR count). The Balaban J connectivity index is 1.50. The number of carbonyl (C=O) groups is 1. The highest BCUT2D eigenvalue weighted by Gasteiger charge is 2.27. The van der Waals surface area contributed by atoms with Crippen LogP contribution in [0.3, 0.4) is 0 Å². The topological polar surface area (TPSA) is 49.0 Å². The number of rotatable bonds is 6. The van der Waals surface area contributed by atoms with E-state index in [1.807, 2.05) is 16.3 Å². The maximum absolute atomic E-state index is 12.7. The van der Waals surface area contributed by atoms with Crippen LogP contribution in [0.15, 0.2) is 41.4 Å². The second-order valence-corrected chi connectivity index (χ2v) is 6.90. The summed E-state index contributed by atoms with van der Waals surface area (Å²) in [6.45, 7) is 1.60. The van der Waals surface area contributed by atoms with Gasteiger partial charge >= 0.3 is 0 Å². The fraction of sp³-hybridized carbons (Fsp3) is 0.333. The van der Waals surface area contributed by atoms with Crippen molar-refractivity contribution in [2.24, 2.45) is 5.92 Å². The zero-order valence-corrected chi connectivity index (χ0v) is 13.7. The number of H-pyrrole nitrogens is 1. The van der Waals surface area contributed by atoms with Crippen LogP contribution in [0.5, 0.6) is 0 Å². The second-order valence-electron chi connectivity index (χ2n) is 6.18. The summed E-state index contributed by atoms with van der Waals surface area (Å²) in [5.74, 6) is 0.749. The predicted octanol–water partition coefficient (Wildman–Crippen LogP) is 3.72. The molecule has 23 heavy (non-hydrogen) atoms. The normalized spacial score (nSPS) is 14.3. The maximum Gasteiger partial charge on any atom is 0.273 e. The molecule has 0 unspecified atom stereocenters. The molecule has 118 valence electrons. The number of aromatic amines is 1. The first-order valence-electron chi connectivity index (χ1n) is 8.04. The third-order valence-corrected chi connectivity index (χ3v) is 5.03. The first-order chi connectivity index (χ1) is 11.3. The lowest BCUT2D eigenvalue weighted by Crippen LogP contribution is -2.34. The minimum atomic E-state index is 0.0676. The molecule has 0 bridgehead atoms. The van der Waals surface area contributed by atoms with Crippen molar-refractivity contribution in [1.29, 1.82) is 0 Å². The number of fused-ring (bicyclic) bond motifs is 1. The van der Waals surface area contributed by atoms with Crippen molar-refractivity contribution in [2.45, 2.75) is 19.3 Å². The van der Waals surface area contributed by atoms with Crippen molar-refractivity contribution in [3.63, 3.8) is 0 Å². The summed E-state index contributed by atoms with van der Waals surface area (Å²) in [7, 11) is 0. The molecule has 2 heterocycles. The molecule has 0 aliphatic heterocycles. The van der Waals surface area contributed by atoms with Crippen LogP contribution in [0.4, 0.5) is 0 Å². The summed E-state index contributed by atoms with van der Waals surface area (Å²) in [5, 5.41) is 3.09. The molecule has 0 spiro atoms. The molecule has 0 saturated heterocycles. The number of nitrogens with one attached hydrogen (secondary N) is 1. The summed E-state index contributed by atoms with van der Waals surface area (Å²) in [5.41, 5.74) is 4.73. The van der Waals surface area contributed by atoms with Crippen LogP contribution in [-0.4, -0.2) is 33.9 Å². The first-order valence-corrected chi connectivity index (χ1v) is 8.98. The van der Waals surface area contributed by atoms with Gasteiger partial charge in [0.2, 0.25) is 0 Å². The Morgan fingerprint density at radius 2 is 2.22 bits per heavy atom. The van der Waals surface area contributed by atoms with E-state index in [-0.39, 0.29) is 5.91 Å². The van der Waals surface area contributed by atoms with E-state index in [2.05, 4.69) is 34.4 Å². The van der Waals surface area contributed by atoms with Crippen LogP contribution in [-0.2, 0) is 6.42 Å². The largest absolute Gasteiger partial charge is 0.361 e. The maximum atomic E-state index is 12.7. The third kappa shape index (κ3) is 3.15. The molecule has 1 aliphatic rings. The Bertz CT molecular complexity index is 805. The monoisotopic (exact) mass is 325 g/mol. The van der Waals surface area contributed by atoms with Gasteiger partial charge in [-0.1, -0.05) is 18.2 Å². The average molecular weight is 325 g/mol. The van der Waals surface area contributed by atoms with Gasteiger partial charge in [0.15, 0.2) is 0 Å².